The van der Waals surface area contributed by atoms with E-state index < -0.39 is 0 Å². The fourth-order valence-electron chi connectivity index (χ4n) is 2.30. The minimum atomic E-state index is 0.190. The Hall–Kier alpha value is -0.220. The maximum absolute atomic E-state index is 11.8. The molecule has 0 bridgehead atoms. The number of carbonyl (C=O) groups is 1. The molecule has 17 heavy (non-hydrogen) atoms. The molecule has 2 atom stereocenters. The monoisotopic (exact) mass is 259 g/mol. The van der Waals surface area contributed by atoms with Gasteiger partial charge in [0.1, 0.15) is 0 Å². The van der Waals surface area contributed by atoms with Crippen molar-refractivity contribution in [1.29, 1.82) is 0 Å². The van der Waals surface area contributed by atoms with Gasteiger partial charge in [0, 0.05) is 30.9 Å². The highest BCUT2D eigenvalue weighted by Gasteiger charge is 2.25. The topological polar surface area (TPSA) is 38.3 Å². The van der Waals surface area contributed by atoms with Crippen LogP contribution in [-0.2, 0) is 9.53 Å². The zero-order valence-electron chi connectivity index (χ0n) is 11.0. The minimum absolute atomic E-state index is 0.190. The fraction of sp³-hybridized carbons (Fsp3) is 0.923. The molecule has 0 unspecified atom stereocenters. The van der Waals surface area contributed by atoms with Crippen molar-refractivity contribution in [1.82, 2.24) is 5.32 Å². The van der Waals surface area contributed by atoms with E-state index in [0.29, 0.717) is 24.3 Å². The van der Waals surface area contributed by atoms with Crippen molar-refractivity contribution in [3.05, 3.63) is 0 Å². The van der Waals surface area contributed by atoms with Crippen LogP contribution in [0.5, 0.6) is 0 Å². The molecule has 1 saturated carbocycles. The molecule has 1 rings (SSSR count). The highest BCUT2D eigenvalue weighted by Crippen LogP contribution is 2.27. The lowest BCUT2D eigenvalue weighted by Gasteiger charge is -2.30. The van der Waals surface area contributed by atoms with Gasteiger partial charge in [0.05, 0.1) is 0 Å². The number of hydrogen-bond donors (Lipinski definition) is 1. The van der Waals surface area contributed by atoms with Crippen LogP contribution in [0.15, 0.2) is 0 Å². The van der Waals surface area contributed by atoms with Gasteiger partial charge in [-0.15, -0.1) is 0 Å². The van der Waals surface area contributed by atoms with E-state index in [9.17, 15) is 4.79 Å². The van der Waals surface area contributed by atoms with Crippen molar-refractivity contribution >= 4 is 17.7 Å². The summed E-state index contributed by atoms with van der Waals surface area (Å²) < 4.78 is 5.23. The van der Waals surface area contributed by atoms with Crippen LogP contribution < -0.4 is 5.32 Å². The number of nitrogens with one attached hydrogen (secondary N) is 1. The molecule has 0 spiro atoms. The Balaban J connectivity index is 2.19. The number of ether oxygens (including phenoxy) is 1. The molecule has 0 aromatic rings. The second-order valence-corrected chi connectivity index (χ2v) is 5.61. The average Bonchev–Trinajstić information content (AvgIpc) is 2.35. The van der Waals surface area contributed by atoms with E-state index in [-0.39, 0.29) is 5.91 Å². The van der Waals surface area contributed by atoms with E-state index in [1.807, 2.05) is 18.7 Å². The van der Waals surface area contributed by atoms with Gasteiger partial charge in [-0.3, -0.25) is 4.79 Å². The number of hydrogen-bond acceptors (Lipinski definition) is 3. The van der Waals surface area contributed by atoms with Gasteiger partial charge < -0.3 is 10.1 Å². The molecule has 0 heterocycles. The van der Waals surface area contributed by atoms with E-state index in [0.717, 1.165) is 19.4 Å². The molecule has 0 aromatic carbocycles. The summed E-state index contributed by atoms with van der Waals surface area (Å²) in [7, 11) is 0. The molecule has 0 saturated heterocycles. The van der Waals surface area contributed by atoms with E-state index in [2.05, 4.69) is 11.6 Å². The summed E-state index contributed by atoms with van der Waals surface area (Å²) in [5.74, 6) is 0.190. The van der Waals surface area contributed by atoms with Gasteiger partial charge in [0.25, 0.3) is 0 Å². The summed E-state index contributed by atoms with van der Waals surface area (Å²) in [5.41, 5.74) is 0. The standard InChI is InChI=1S/C13H25NO2S/c1-3-16-10-6-9-13(15)14-11-7-4-5-8-12(11)17-2/h11-12H,3-10H2,1-2H3,(H,14,15)/t11-,12-/m0/s1. The maximum atomic E-state index is 11.8. The van der Waals surface area contributed by atoms with Crippen molar-refractivity contribution in [2.45, 2.75) is 56.7 Å². The van der Waals surface area contributed by atoms with Crippen molar-refractivity contribution in [2.24, 2.45) is 0 Å². The molecule has 1 amide bonds. The van der Waals surface area contributed by atoms with Crippen LogP contribution in [0.1, 0.15) is 45.4 Å². The number of carbonyl (C=O) groups excluding carboxylic acids is 1. The first-order valence-electron chi connectivity index (χ1n) is 6.67. The molecule has 1 aliphatic carbocycles. The summed E-state index contributed by atoms with van der Waals surface area (Å²) in [4.78, 5) is 11.8. The van der Waals surface area contributed by atoms with Gasteiger partial charge in [0.15, 0.2) is 0 Å². The largest absolute Gasteiger partial charge is 0.382 e. The van der Waals surface area contributed by atoms with Crippen LogP contribution in [0, 0.1) is 0 Å². The van der Waals surface area contributed by atoms with Gasteiger partial charge in [-0.2, -0.15) is 11.8 Å². The second kappa shape index (κ2) is 8.81. The number of thioether (sulfide) groups is 1. The average molecular weight is 259 g/mol. The molecule has 1 aliphatic rings. The Morgan fingerprint density at radius 1 is 1.41 bits per heavy atom. The molecule has 1 fully saturated rings. The third-order valence-electron chi connectivity index (χ3n) is 3.25. The molecule has 4 heteroatoms. The third kappa shape index (κ3) is 5.77. The zero-order valence-corrected chi connectivity index (χ0v) is 11.9. The lowest BCUT2D eigenvalue weighted by molar-refractivity contribution is -0.122. The van der Waals surface area contributed by atoms with Gasteiger partial charge in [-0.1, -0.05) is 12.8 Å². The Kier molecular flexibility index (Phi) is 7.69. The Labute approximate surface area is 109 Å². The maximum Gasteiger partial charge on any atom is 0.220 e. The molecule has 0 aliphatic heterocycles. The van der Waals surface area contributed by atoms with Crippen LogP contribution in [-0.4, -0.2) is 36.7 Å². The van der Waals surface area contributed by atoms with Crippen LogP contribution in [0.3, 0.4) is 0 Å². The fourth-order valence-corrected chi connectivity index (χ4v) is 3.24. The predicted octanol–water partition coefficient (Wildman–Crippen LogP) is 2.59. The summed E-state index contributed by atoms with van der Waals surface area (Å²) in [6.45, 7) is 3.41. The molecule has 100 valence electrons. The van der Waals surface area contributed by atoms with E-state index in [4.69, 9.17) is 4.74 Å². The smallest absolute Gasteiger partial charge is 0.220 e. The first-order chi connectivity index (χ1) is 8.27. The van der Waals surface area contributed by atoms with Gasteiger partial charge in [-0.25, -0.2) is 0 Å². The Morgan fingerprint density at radius 3 is 2.88 bits per heavy atom. The summed E-state index contributed by atoms with van der Waals surface area (Å²) >= 11 is 1.89. The highest BCUT2D eigenvalue weighted by atomic mass is 32.2. The third-order valence-corrected chi connectivity index (χ3v) is 4.42. The van der Waals surface area contributed by atoms with Crippen molar-refractivity contribution in [3.63, 3.8) is 0 Å². The lowest BCUT2D eigenvalue weighted by atomic mass is 9.94. The molecule has 0 radical (unpaired) electrons. The van der Waals surface area contributed by atoms with Gasteiger partial charge >= 0.3 is 0 Å². The van der Waals surface area contributed by atoms with E-state index in [1.54, 1.807) is 0 Å². The summed E-state index contributed by atoms with van der Waals surface area (Å²) in [6, 6.07) is 0.387. The van der Waals surface area contributed by atoms with Crippen molar-refractivity contribution in [2.75, 3.05) is 19.5 Å². The van der Waals surface area contributed by atoms with Crippen LogP contribution in [0.25, 0.3) is 0 Å². The molecular weight excluding hydrogens is 234 g/mol. The first kappa shape index (κ1) is 14.8. The number of rotatable bonds is 7. The van der Waals surface area contributed by atoms with Crippen molar-refractivity contribution < 1.29 is 9.53 Å². The molecule has 0 aromatic heterocycles. The predicted molar refractivity (Wildman–Crippen MR) is 73.4 cm³/mol. The SMILES string of the molecule is CCOCCCC(=O)N[C@H]1CCCC[C@@H]1SC. The van der Waals surface area contributed by atoms with E-state index >= 15 is 0 Å². The highest BCUT2D eigenvalue weighted by molar-refractivity contribution is 7.99. The van der Waals surface area contributed by atoms with E-state index in [1.165, 1.54) is 19.3 Å². The van der Waals surface area contributed by atoms with Gasteiger partial charge in [0.2, 0.25) is 5.91 Å². The normalized spacial score (nSPS) is 24.6. The van der Waals surface area contributed by atoms with Crippen LogP contribution in [0.4, 0.5) is 0 Å². The zero-order chi connectivity index (χ0) is 12.5. The summed E-state index contributed by atoms with van der Waals surface area (Å²) in [6.07, 6.45) is 8.51. The molecular formula is C13H25NO2S. The van der Waals surface area contributed by atoms with Crippen LogP contribution in [0.2, 0.25) is 0 Å². The first-order valence-corrected chi connectivity index (χ1v) is 7.96. The Morgan fingerprint density at radius 2 is 2.18 bits per heavy atom. The molecule has 3 nitrogen and oxygen atoms in total. The minimum Gasteiger partial charge on any atom is -0.382 e. The lowest BCUT2D eigenvalue weighted by Crippen LogP contribution is -2.43. The second-order valence-electron chi connectivity index (χ2n) is 4.53. The van der Waals surface area contributed by atoms with Crippen LogP contribution >= 0.6 is 11.8 Å². The quantitative estimate of drug-likeness (QED) is 0.714. The Bertz CT molecular complexity index is 223. The molecule has 1 N–H and O–H groups in total. The summed E-state index contributed by atoms with van der Waals surface area (Å²) in [5, 5.41) is 3.79. The van der Waals surface area contributed by atoms with Gasteiger partial charge in [-0.05, 0) is 32.4 Å². The van der Waals surface area contributed by atoms with Crippen molar-refractivity contribution in [3.8, 4) is 0 Å². The number of amides is 1.